The first-order valence-corrected chi connectivity index (χ1v) is 10.8. The maximum absolute atomic E-state index is 12.4. The molecule has 0 saturated carbocycles. The van der Waals surface area contributed by atoms with E-state index in [4.69, 9.17) is 9.57 Å². The number of hydrogen-bond donors (Lipinski definition) is 0. The molecule has 0 heterocycles. The van der Waals surface area contributed by atoms with E-state index in [0.717, 1.165) is 16.7 Å². The summed E-state index contributed by atoms with van der Waals surface area (Å²) in [6.45, 7) is 2.06. The summed E-state index contributed by atoms with van der Waals surface area (Å²) in [5.41, 5.74) is 3.60. The van der Waals surface area contributed by atoms with Crippen molar-refractivity contribution >= 4 is 23.4 Å². The molecule has 0 saturated heterocycles. The van der Waals surface area contributed by atoms with Crippen molar-refractivity contribution < 1.29 is 14.4 Å². The standard InChI is InChI=1S/C25H25NO3S/c1-3-29-24(27)23(26-28-2)19-30-25(20-13-7-4-8-14-20,21-15-9-5-10-16-21)22-17-11-6-12-18-22/h4-18H,3,19H2,1-2H3/b26-23+. The van der Waals surface area contributed by atoms with Gasteiger partial charge in [-0.15, -0.1) is 11.8 Å². The summed E-state index contributed by atoms with van der Waals surface area (Å²) in [7, 11) is 1.43. The number of rotatable bonds is 9. The van der Waals surface area contributed by atoms with Crippen LogP contribution in [-0.4, -0.2) is 31.2 Å². The lowest BCUT2D eigenvalue weighted by molar-refractivity contribution is -0.135. The molecule has 3 aromatic carbocycles. The molecule has 0 aliphatic heterocycles. The van der Waals surface area contributed by atoms with Crippen molar-refractivity contribution in [3.63, 3.8) is 0 Å². The molecule has 3 aromatic rings. The van der Waals surface area contributed by atoms with E-state index in [1.807, 2.05) is 54.6 Å². The van der Waals surface area contributed by atoms with Crippen molar-refractivity contribution in [3.8, 4) is 0 Å². The maximum Gasteiger partial charge on any atom is 0.356 e. The predicted octanol–water partition coefficient (Wildman–Crippen LogP) is 5.28. The van der Waals surface area contributed by atoms with Gasteiger partial charge in [0.1, 0.15) is 7.11 Å². The fourth-order valence-corrected chi connectivity index (χ4v) is 4.82. The number of oxime groups is 1. The zero-order valence-corrected chi connectivity index (χ0v) is 18.0. The third-order valence-corrected chi connectivity index (χ3v) is 6.24. The number of carbonyl (C=O) groups excluding carboxylic acids is 1. The Morgan fingerprint density at radius 1 is 0.833 bits per heavy atom. The van der Waals surface area contributed by atoms with Crippen LogP contribution in [0.1, 0.15) is 23.6 Å². The van der Waals surface area contributed by atoms with Crippen LogP contribution in [0.3, 0.4) is 0 Å². The van der Waals surface area contributed by atoms with E-state index in [0.29, 0.717) is 5.75 Å². The molecule has 0 amide bonds. The van der Waals surface area contributed by atoms with E-state index in [1.54, 1.807) is 18.7 Å². The average Bonchev–Trinajstić information content (AvgIpc) is 2.81. The second-order valence-electron chi connectivity index (χ2n) is 6.51. The van der Waals surface area contributed by atoms with Crippen LogP contribution in [0.2, 0.25) is 0 Å². The van der Waals surface area contributed by atoms with E-state index in [-0.39, 0.29) is 12.3 Å². The first-order valence-electron chi connectivity index (χ1n) is 9.80. The Bertz CT molecular complexity index is 863. The van der Waals surface area contributed by atoms with Gasteiger partial charge in [-0.05, 0) is 23.6 Å². The highest BCUT2D eigenvalue weighted by molar-refractivity contribution is 8.01. The number of ether oxygens (including phenoxy) is 1. The average molecular weight is 420 g/mol. The fraction of sp³-hybridized carbons (Fsp3) is 0.200. The van der Waals surface area contributed by atoms with Gasteiger partial charge < -0.3 is 9.57 Å². The minimum atomic E-state index is -0.537. The van der Waals surface area contributed by atoms with Crippen molar-refractivity contribution in [2.75, 3.05) is 19.5 Å². The van der Waals surface area contributed by atoms with Gasteiger partial charge in [0.05, 0.1) is 11.4 Å². The van der Waals surface area contributed by atoms with Crippen LogP contribution < -0.4 is 0 Å². The highest BCUT2D eigenvalue weighted by Gasteiger charge is 2.37. The van der Waals surface area contributed by atoms with Gasteiger partial charge in [-0.3, -0.25) is 0 Å². The first kappa shape index (κ1) is 21.7. The Labute approximate surface area is 181 Å². The summed E-state index contributed by atoms with van der Waals surface area (Å²) in [5, 5.41) is 3.95. The number of hydrogen-bond acceptors (Lipinski definition) is 5. The normalized spacial score (nSPS) is 11.7. The Balaban J connectivity index is 2.14. The lowest BCUT2D eigenvalue weighted by Crippen LogP contribution is -2.29. The van der Waals surface area contributed by atoms with E-state index < -0.39 is 10.7 Å². The SMILES string of the molecule is CCOC(=O)/C(CSC(c1ccccc1)(c1ccccc1)c1ccccc1)=N/OC. The van der Waals surface area contributed by atoms with Gasteiger partial charge in [-0.1, -0.05) is 96.2 Å². The molecule has 0 atom stereocenters. The Hall–Kier alpha value is -3.05. The molecule has 0 N–H and O–H groups in total. The Morgan fingerprint density at radius 2 is 1.27 bits per heavy atom. The minimum Gasteiger partial charge on any atom is -0.461 e. The van der Waals surface area contributed by atoms with Crippen molar-refractivity contribution in [1.29, 1.82) is 0 Å². The lowest BCUT2D eigenvalue weighted by atomic mass is 9.84. The van der Waals surface area contributed by atoms with E-state index in [9.17, 15) is 4.79 Å². The summed E-state index contributed by atoms with van der Waals surface area (Å²) in [6, 6.07) is 30.9. The zero-order chi connectivity index (χ0) is 21.2. The van der Waals surface area contributed by atoms with Gasteiger partial charge in [-0.2, -0.15) is 0 Å². The molecule has 0 spiro atoms. The van der Waals surface area contributed by atoms with Crippen molar-refractivity contribution in [3.05, 3.63) is 108 Å². The molecule has 3 rings (SSSR count). The second kappa shape index (κ2) is 10.6. The number of thioether (sulfide) groups is 1. The molecule has 0 unspecified atom stereocenters. The quantitative estimate of drug-likeness (QED) is 0.205. The monoisotopic (exact) mass is 419 g/mol. The van der Waals surface area contributed by atoms with E-state index in [2.05, 4.69) is 41.6 Å². The summed E-state index contributed by atoms with van der Waals surface area (Å²) in [4.78, 5) is 17.3. The number of esters is 1. The predicted molar refractivity (Wildman–Crippen MR) is 123 cm³/mol. The maximum atomic E-state index is 12.4. The van der Waals surface area contributed by atoms with Crippen LogP contribution in [0.5, 0.6) is 0 Å². The van der Waals surface area contributed by atoms with Gasteiger partial charge in [-0.25, -0.2) is 4.79 Å². The number of nitrogens with zero attached hydrogens (tertiary/aromatic N) is 1. The molecular formula is C25H25NO3S. The smallest absolute Gasteiger partial charge is 0.356 e. The van der Waals surface area contributed by atoms with Crippen LogP contribution in [0, 0.1) is 0 Å². The molecule has 30 heavy (non-hydrogen) atoms. The third-order valence-electron chi connectivity index (χ3n) is 4.68. The van der Waals surface area contributed by atoms with Crippen molar-refractivity contribution in [2.45, 2.75) is 11.7 Å². The number of benzene rings is 3. The highest BCUT2D eigenvalue weighted by atomic mass is 32.2. The molecule has 0 fully saturated rings. The third kappa shape index (κ3) is 4.74. The molecule has 5 heteroatoms. The van der Waals surface area contributed by atoms with Gasteiger partial charge in [0.15, 0.2) is 5.71 Å². The van der Waals surface area contributed by atoms with Crippen LogP contribution >= 0.6 is 11.8 Å². The summed E-state index contributed by atoms with van der Waals surface area (Å²) in [5.74, 6) is -0.138. The molecule has 4 nitrogen and oxygen atoms in total. The van der Waals surface area contributed by atoms with Gasteiger partial charge in [0, 0.05) is 5.75 Å². The second-order valence-corrected chi connectivity index (χ2v) is 7.70. The number of carbonyl (C=O) groups is 1. The van der Waals surface area contributed by atoms with Crippen molar-refractivity contribution in [2.24, 2.45) is 5.16 Å². The van der Waals surface area contributed by atoms with Crippen LogP contribution in [-0.2, 0) is 19.1 Å². The summed E-state index contributed by atoms with van der Waals surface area (Å²) < 4.78 is 4.64. The van der Waals surface area contributed by atoms with E-state index in [1.165, 1.54) is 7.11 Å². The van der Waals surface area contributed by atoms with Crippen LogP contribution in [0.25, 0.3) is 0 Å². The molecule has 154 valence electrons. The molecule has 0 bridgehead atoms. The molecule has 0 aromatic heterocycles. The fourth-order valence-electron chi connectivity index (χ4n) is 3.39. The van der Waals surface area contributed by atoms with Gasteiger partial charge in [0.2, 0.25) is 0 Å². The summed E-state index contributed by atoms with van der Waals surface area (Å²) >= 11 is 1.62. The van der Waals surface area contributed by atoms with E-state index >= 15 is 0 Å². The minimum absolute atomic E-state index is 0.247. The zero-order valence-electron chi connectivity index (χ0n) is 17.2. The Morgan fingerprint density at radius 3 is 1.63 bits per heavy atom. The topological polar surface area (TPSA) is 47.9 Å². The first-order chi connectivity index (χ1) is 14.7. The van der Waals surface area contributed by atoms with Gasteiger partial charge >= 0.3 is 5.97 Å². The Kier molecular flexibility index (Phi) is 7.69. The summed E-state index contributed by atoms with van der Waals surface area (Å²) in [6.07, 6.45) is 0. The van der Waals surface area contributed by atoms with Crippen LogP contribution in [0.15, 0.2) is 96.2 Å². The highest BCUT2D eigenvalue weighted by Crippen LogP contribution is 2.48. The molecule has 0 aliphatic rings. The van der Waals surface area contributed by atoms with Crippen molar-refractivity contribution in [1.82, 2.24) is 0 Å². The molecular weight excluding hydrogens is 394 g/mol. The molecule has 0 aliphatic carbocycles. The largest absolute Gasteiger partial charge is 0.461 e. The van der Waals surface area contributed by atoms with Gasteiger partial charge in [0.25, 0.3) is 0 Å². The lowest BCUT2D eigenvalue weighted by Gasteiger charge is -2.35. The molecule has 0 radical (unpaired) electrons. The van der Waals surface area contributed by atoms with Crippen LogP contribution in [0.4, 0.5) is 0 Å².